The summed E-state index contributed by atoms with van der Waals surface area (Å²) in [5.41, 5.74) is 0. The molecular weight excluding hydrogens is 322 g/mol. The summed E-state index contributed by atoms with van der Waals surface area (Å²) in [6.07, 6.45) is 0.892. The molecule has 1 aromatic heterocycles. The van der Waals surface area contributed by atoms with Gasteiger partial charge in [0.2, 0.25) is 27.1 Å². The quantitative estimate of drug-likeness (QED) is 0.309. The van der Waals surface area contributed by atoms with Gasteiger partial charge < -0.3 is 9.62 Å². The maximum Gasteiger partial charge on any atom is 0.273 e. The smallest absolute Gasteiger partial charge is 0.273 e. The van der Waals surface area contributed by atoms with Crippen molar-refractivity contribution in [3.8, 4) is 0 Å². The number of hydrogen-bond donors (Lipinski definition) is 2. The molecule has 120 valence electrons. The van der Waals surface area contributed by atoms with E-state index < -0.39 is 36.1 Å². The minimum Gasteiger partial charge on any atom is -0.624 e. The molecule has 0 spiro atoms. The summed E-state index contributed by atoms with van der Waals surface area (Å²) < 4.78 is 56.6. The van der Waals surface area contributed by atoms with E-state index in [2.05, 4.69) is 0 Å². The molecule has 21 heavy (non-hydrogen) atoms. The number of hydroxylamine groups is 1. The van der Waals surface area contributed by atoms with Gasteiger partial charge in [0, 0.05) is 6.07 Å². The van der Waals surface area contributed by atoms with E-state index in [-0.39, 0.29) is 5.76 Å². The summed E-state index contributed by atoms with van der Waals surface area (Å²) in [6.45, 7) is 3.17. The molecule has 0 saturated heterocycles. The van der Waals surface area contributed by atoms with Crippen molar-refractivity contribution in [3.63, 3.8) is 0 Å². The summed E-state index contributed by atoms with van der Waals surface area (Å²) in [6, 6.07) is 0.377. The molecule has 1 rings (SSSR count). The molecule has 0 bridgehead atoms. The van der Waals surface area contributed by atoms with Gasteiger partial charge >= 0.3 is 0 Å². The standard InChI is InChI=1S/C10H17N3O6S2/c1-7(2)13(14)6-8-9(20(15,16)11-3)5-10(19-8)21(17,18)12-4/h5-7,11-12H,1-4H3. The Bertz CT molecular complexity index is 746. The SMILES string of the molecule is CNS(=O)(=O)c1cc(S(=O)(=O)NC)c(C=[N+]([O-])C(C)C)o1. The Morgan fingerprint density at radius 2 is 1.71 bits per heavy atom. The lowest BCUT2D eigenvalue weighted by molar-refractivity contribution is -0.487. The highest BCUT2D eigenvalue weighted by molar-refractivity contribution is 7.90. The van der Waals surface area contributed by atoms with Crippen LogP contribution in [0, 0.1) is 5.21 Å². The van der Waals surface area contributed by atoms with Gasteiger partial charge in [-0.05, 0) is 27.9 Å². The van der Waals surface area contributed by atoms with E-state index in [1.165, 1.54) is 0 Å². The second kappa shape index (κ2) is 6.13. The monoisotopic (exact) mass is 339 g/mol. The molecule has 0 unspecified atom stereocenters. The van der Waals surface area contributed by atoms with Crippen LogP contribution in [0.4, 0.5) is 0 Å². The normalized spacial score (nSPS) is 13.9. The van der Waals surface area contributed by atoms with Crippen molar-refractivity contribution in [2.45, 2.75) is 29.9 Å². The van der Waals surface area contributed by atoms with E-state index in [0.29, 0.717) is 4.74 Å². The molecule has 0 radical (unpaired) electrons. The molecule has 0 aliphatic carbocycles. The van der Waals surface area contributed by atoms with E-state index >= 15 is 0 Å². The first-order valence-electron chi connectivity index (χ1n) is 5.86. The summed E-state index contributed by atoms with van der Waals surface area (Å²) in [5, 5.41) is 11.0. The van der Waals surface area contributed by atoms with Crippen LogP contribution in [-0.2, 0) is 20.0 Å². The van der Waals surface area contributed by atoms with Gasteiger partial charge in [0.05, 0.1) is 0 Å². The van der Waals surface area contributed by atoms with Crippen molar-refractivity contribution in [3.05, 3.63) is 17.0 Å². The van der Waals surface area contributed by atoms with Gasteiger partial charge in [0.1, 0.15) is 4.90 Å². The molecular formula is C10H17N3O6S2. The number of rotatable bonds is 6. The second-order valence-electron chi connectivity index (χ2n) is 4.29. The topological polar surface area (TPSA) is 132 Å². The fraction of sp³-hybridized carbons (Fsp3) is 0.500. The third-order valence-corrected chi connectivity index (χ3v) is 5.25. The van der Waals surface area contributed by atoms with Crippen molar-refractivity contribution in [1.82, 2.24) is 9.44 Å². The van der Waals surface area contributed by atoms with Crippen LogP contribution in [0.5, 0.6) is 0 Å². The largest absolute Gasteiger partial charge is 0.624 e. The lowest BCUT2D eigenvalue weighted by Crippen LogP contribution is -2.21. The summed E-state index contributed by atoms with van der Waals surface area (Å²) in [7, 11) is -5.64. The fourth-order valence-corrected chi connectivity index (χ4v) is 2.86. The Balaban J connectivity index is 3.59. The third-order valence-electron chi connectivity index (χ3n) is 2.55. The Morgan fingerprint density at radius 1 is 1.19 bits per heavy atom. The zero-order valence-corrected chi connectivity index (χ0v) is 13.6. The predicted octanol–water partition coefficient (Wildman–Crippen LogP) is -0.567. The van der Waals surface area contributed by atoms with Crippen LogP contribution in [-0.4, -0.2) is 47.9 Å². The van der Waals surface area contributed by atoms with E-state index in [0.717, 1.165) is 26.4 Å². The molecule has 0 aliphatic heterocycles. The molecule has 0 atom stereocenters. The molecule has 1 heterocycles. The number of nitrogens with zero attached hydrogens (tertiary/aromatic N) is 1. The maximum absolute atomic E-state index is 11.9. The third kappa shape index (κ3) is 3.81. The molecule has 0 fully saturated rings. The molecule has 9 nitrogen and oxygen atoms in total. The molecule has 11 heteroatoms. The van der Waals surface area contributed by atoms with Crippen LogP contribution in [0.1, 0.15) is 19.6 Å². The van der Waals surface area contributed by atoms with Crippen LogP contribution in [0.3, 0.4) is 0 Å². The molecule has 0 aliphatic rings. The summed E-state index contributed by atoms with van der Waals surface area (Å²) in [5.74, 6) is -0.359. The molecule has 0 aromatic carbocycles. The lowest BCUT2D eigenvalue weighted by Gasteiger charge is -2.06. The van der Waals surface area contributed by atoms with Crippen molar-refractivity contribution < 1.29 is 26.0 Å². The Hall–Kier alpha value is -1.43. The summed E-state index contributed by atoms with van der Waals surface area (Å²) >= 11 is 0. The predicted molar refractivity (Wildman–Crippen MR) is 75.1 cm³/mol. The maximum atomic E-state index is 11.9. The van der Waals surface area contributed by atoms with Gasteiger partial charge in [0.15, 0.2) is 6.04 Å². The van der Waals surface area contributed by atoms with Crippen molar-refractivity contribution in [2.75, 3.05) is 14.1 Å². The van der Waals surface area contributed by atoms with E-state index in [9.17, 15) is 22.0 Å². The number of hydrogen-bond acceptors (Lipinski definition) is 6. The van der Waals surface area contributed by atoms with Gasteiger partial charge in [-0.15, -0.1) is 0 Å². The molecule has 0 amide bonds. The van der Waals surface area contributed by atoms with Crippen molar-refractivity contribution in [2.24, 2.45) is 0 Å². The molecule has 1 aromatic rings. The number of furan rings is 1. The average Bonchev–Trinajstić information content (AvgIpc) is 2.84. The van der Waals surface area contributed by atoms with E-state index in [1.807, 2.05) is 9.44 Å². The highest BCUT2D eigenvalue weighted by Gasteiger charge is 2.28. The van der Waals surface area contributed by atoms with Crippen LogP contribution >= 0.6 is 0 Å². The van der Waals surface area contributed by atoms with Crippen LogP contribution in [0.25, 0.3) is 0 Å². The summed E-state index contributed by atoms with van der Waals surface area (Å²) in [4.78, 5) is -0.430. The fourth-order valence-electron chi connectivity index (χ4n) is 1.27. The lowest BCUT2D eigenvalue weighted by atomic mass is 10.4. The first-order valence-corrected chi connectivity index (χ1v) is 8.83. The molecule has 2 N–H and O–H groups in total. The number of sulfonamides is 2. The van der Waals surface area contributed by atoms with E-state index in [1.54, 1.807) is 13.8 Å². The highest BCUT2D eigenvalue weighted by atomic mass is 32.2. The zero-order chi connectivity index (χ0) is 16.4. The Labute approximate surface area is 123 Å². The minimum absolute atomic E-state index is 0.359. The first-order chi connectivity index (χ1) is 9.55. The Kier molecular flexibility index (Phi) is 5.15. The van der Waals surface area contributed by atoms with Gasteiger partial charge in [-0.2, -0.15) is 0 Å². The number of nitrogens with one attached hydrogen (secondary N) is 2. The minimum atomic E-state index is -3.98. The van der Waals surface area contributed by atoms with Crippen LogP contribution in [0.15, 0.2) is 20.5 Å². The van der Waals surface area contributed by atoms with Crippen molar-refractivity contribution >= 4 is 26.3 Å². The molecule has 0 saturated carbocycles. The van der Waals surface area contributed by atoms with Gasteiger partial charge in [-0.1, -0.05) is 0 Å². The Morgan fingerprint density at radius 3 is 2.14 bits per heavy atom. The van der Waals surface area contributed by atoms with E-state index in [4.69, 9.17) is 4.42 Å². The highest BCUT2D eigenvalue weighted by Crippen LogP contribution is 2.22. The second-order valence-corrected chi connectivity index (χ2v) is 7.96. The van der Waals surface area contributed by atoms with Gasteiger partial charge in [-0.3, -0.25) is 0 Å². The van der Waals surface area contributed by atoms with Crippen LogP contribution in [0.2, 0.25) is 0 Å². The van der Waals surface area contributed by atoms with Gasteiger partial charge in [-0.25, -0.2) is 31.0 Å². The first kappa shape index (κ1) is 17.6. The van der Waals surface area contributed by atoms with Crippen molar-refractivity contribution in [1.29, 1.82) is 0 Å². The van der Waals surface area contributed by atoms with Crippen LogP contribution < -0.4 is 9.44 Å². The van der Waals surface area contributed by atoms with Gasteiger partial charge in [0.25, 0.3) is 10.0 Å². The average molecular weight is 339 g/mol. The zero-order valence-electron chi connectivity index (χ0n) is 11.9.